The lowest BCUT2D eigenvalue weighted by molar-refractivity contribution is -0.140. The number of hydrogen-bond donors (Lipinski definition) is 1. The molecule has 0 spiro atoms. The summed E-state index contributed by atoms with van der Waals surface area (Å²) in [6.45, 7) is 9.39. The Hall–Kier alpha value is -0.610. The molecule has 4 heteroatoms. The third-order valence-corrected chi connectivity index (χ3v) is 4.90. The first-order chi connectivity index (χ1) is 9.13. The van der Waals surface area contributed by atoms with Crippen molar-refractivity contribution in [1.29, 1.82) is 0 Å². The molecule has 1 aliphatic carbocycles. The van der Waals surface area contributed by atoms with E-state index >= 15 is 0 Å². The van der Waals surface area contributed by atoms with Crippen LogP contribution in [0.25, 0.3) is 0 Å². The van der Waals surface area contributed by atoms with E-state index in [0.29, 0.717) is 11.8 Å². The molecule has 2 N–H and O–H groups in total. The maximum atomic E-state index is 12.6. The van der Waals surface area contributed by atoms with Gasteiger partial charge in [-0.05, 0) is 31.7 Å². The summed E-state index contributed by atoms with van der Waals surface area (Å²) in [6.07, 6.45) is 4.41. The summed E-state index contributed by atoms with van der Waals surface area (Å²) >= 11 is 0. The molecular weight excluding hydrogens is 238 g/mol. The zero-order valence-corrected chi connectivity index (χ0v) is 12.5. The number of nitrogens with zero attached hydrogens (tertiary/aromatic N) is 2. The second-order valence-corrected chi connectivity index (χ2v) is 6.23. The lowest BCUT2D eigenvalue weighted by Crippen LogP contribution is -2.53. The van der Waals surface area contributed by atoms with Gasteiger partial charge < -0.3 is 10.6 Å². The highest BCUT2D eigenvalue weighted by atomic mass is 16.2. The summed E-state index contributed by atoms with van der Waals surface area (Å²) in [5.41, 5.74) is 6.12. The molecule has 0 aromatic carbocycles. The molecule has 2 rings (SSSR count). The van der Waals surface area contributed by atoms with Gasteiger partial charge in [-0.15, -0.1) is 0 Å². The number of nitrogens with two attached hydrogens (primary N) is 1. The van der Waals surface area contributed by atoms with Crippen molar-refractivity contribution in [1.82, 2.24) is 9.80 Å². The minimum Gasteiger partial charge on any atom is -0.340 e. The van der Waals surface area contributed by atoms with E-state index in [1.165, 1.54) is 6.42 Å². The van der Waals surface area contributed by atoms with Crippen LogP contribution in [0.3, 0.4) is 0 Å². The van der Waals surface area contributed by atoms with Crippen molar-refractivity contribution in [2.45, 2.75) is 45.6 Å². The van der Waals surface area contributed by atoms with Crippen LogP contribution in [0.1, 0.15) is 39.5 Å². The van der Waals surface area contributed by atoms with Crippen LogP contribution in [0.4, 0.5) is 0 Å². The van der Waals surface area contributed by atoms with E-state index in [1.807, 2.05) is 0 Å². The van der Waals surface area contributed by atoms with Crippen LogP contribution in [0, 0.1) is 11.8 Å². The largest absolute Gasteiger partial charge is 0.340 e. The molecule has 2 fully saturated rings. The number of carbonyl (C=O) groups is 1. The van der Waals surface area contributed by atoms with E-state index in [4.69, 9.17) is 5.73 Å². The average molecular weight is 267 g/mol. The lowest BCUT2D eigenvalue weighted by Gasteiger charge is -2.40. The van der Waals surface area contributed by atoms with Crippen LogP contribution in [0.5, 0.6) is 0 Å². The van der Waals surface area contributed by atoms with Crippen molar-refractivity contribution in [2.75, 3.05) is 32.7 Å². The zero-order valence-electron chi connectivity index (χ0n) is 12.5. The third kappa shape index (κ3) is 3.48. The van der Waals surface area contributed by atoms with Crippen LogP contribution < -0.4 is 5.73 Å². The highest BCUT2D eigenvalue weighted by molar-refractivity contribution is 5.79. The first kappa shape index (κ1) is 14.8. The van der Waals surface area contributed by atoms with E-state index in [0.717, 1.165) is 52.0 Å². The first-order valence-corrected chi connectivity index (χ1v) is 7.90. The molecule has 0 aromatic heterocycles. The maximum absolute atomic E-state index is 12.6. The fraction of sp³-hybridized carbons (Fsp3) is 0.933. The van der Waals surface area contributed by atoms with E-state index in [1.54, 1.807) is 0 Å². The molecule has 0 bridgehead atoms. The van der Waals surface area contributed by atoms with Gasteiger partial charge in [0, 0.05) is 38.1 Å². The van der Waals surface area contributed by atoms with Gasteiger partial charge in [0.2, 0.25) is 5.91 Å². The first-order valence-electron chi connectivity index (χ1n) is 7.90. The van der Waals surface area contributed by atoms with Crippen molar-refractivity contribution < 1.29 is 4.79 Å². The van der Waals surface area contributed by atoms with Crippen molar-refractivity contribution in [3.63, 3.8) is 0 Å². The van der Waals surface area contributed by atoms with Crippen LogP contribution in [0.2, 0.25) is 0 Å². The quantitative estimate of drug-likeness (QED) is 0.838. The molecule has 0 radical (unpaired) electrons. The lowest BCUT2D eigenvalue weighted by atomic mass is 9.76. The molecule has 1 heterocycles. The van der Waals surface area contributed by atoms with Gasteiger partial charge in [0.25, 0.3) is 0 Å². The van der Waals surface area contributed by atoms with Gasteiger partial charge in [-0.25, -0.2) is 0 Å². The van der Waals surface area contributed by atoms with Crippen LogP contribution in [-0.4, -0.2) is 54.5 Å². The van der Waals surface area contributed by atoms with Gasteiger partial charge in [-0.1, -0.05) is 20.3 Å². The summed E-state index contributed by atoms with van der Waals surface area (Å²) < 4.78 is 0. The summed E-state index contributed by atoms with van der Waals surface area (Å²) in [5.74, 6) is 0.871. The minimum atomic E-state index is 0.168. The Morgan fingerprint density at radius 1 is 1.21 bits per heavy atom. The topological polar surface area (TPSA) is 49.6 Å². The van der Waals surface area contributed by atoms with Gasteiger partial charge in [-0.3, -0.25) is 9.69 Å². The Kier molecular flexibility index (Phi) is 5.22. The fourth-order valence-corrected chi connectivity index (χ4v) is 3.49. The smallest absolute Gasteiger partial charge is 0.226 e. The van der Waals surface area contributed by atoms with Gasteiger partial charge in [0.15, 0.2) is 0 Å². The minimum absolute atomic E-state index is 0.168. The molecule has 19 heavy (non-hydrogen) atoms. The second-order valence-electron chi connectivity index (χ2n) is 6.23. The molecular formula is C15H29N3O. The summed E-state index contributed by atoms with van der Waals surface area (Å²) in [4.78, 5) is 17.2. The standard InChI is InChI=1S/C15H29N3O/c1-3-7-17-8-10-18(11-9-17)15(19)13-5-4-6-14(16)12(13)2/h12-14H,3-11,16H2,1-2H3. The summed E-state index contributed by atoms with van der Waals surface area (Å²) in [7, 11) is 0. The van der Waals surface area contributed by atoms with E-state index < -0.39 is 0 Å². The molecule has 1 saturated heterocycles. The molecule has 2 aliphatic rings. The highest BCUT2D eigenvalue weighted by Crippen LogP contribution is 2.30. The molecule has 1 saturated carbocycles. The highest BCUT2D eigenvalue weighted by Gasteiger charge is 2.35. The predicted molar refractivity (Wildman–Crippen MR) is 77.8 cm³/mol. The molecule has 110 valence electrons. The van der Waals surface area contributed by atoms with Crippen LogP contribution in [-0.2, 0) is 4.79 Å². The number of rotatable bonds is 3. The number of amides is 1. The van der Waals surface area contributed by atoms with E-state index in [2.05, 4.69) is 23.6 Å². The third-order valence-electron chi connectivity index (χ3n) is 4.90. The van der Waals surface area contributed by atoms with Crippen molar-refractivity contribution in [3.8, 4) is 0 Å². The normalized spacial score (nSPS) is 33.4. The van der Waals surface area contributed by atoms with Gasteiger partial charge in [0.1, 0.15) is 0 Å². The fourth-order valence-electron chi connectivity index (χ4n) is 3.49. The van der Waals surface area contributed by atoms with Gasteiger partial charge in [0.05, 0.1) is 0 Å². The summed E-state index contributed by atoms with van der Waals surface area (Å²) in [6, 6.07) is 0.212. The molecule has 0 aromatic rings. The van der Waals surface area contributed by atoms with Crippen molar-refractivity contribution in [3.05, 3.63) is 0 Å². The number of piperazine rings is 1. The Bertz CT molecular complexity index is 300. The summed E-state index contributed by atoms with van der Waals surface area (Å²) in [5, 5.41) is 0. The van der Waals surface area contributed by atoms with Crippen molar-refractivity contribution >= 4 is 5.91 Å². The second kappa shape index (κ2) is 6.71. The van der Waals surface area contributed by atoms with E-state index in [-0.39, 0.29) is 12.0 Å². The average Bonchev–Trinajstić information content (AvgIpc) is 2.42. The van der Waals surface area contributed by atoms with E-state index in [9.17, 15) is 4.79 Å². The molecule has 3 unspecified atom stereocenters. The monoisotopic (exact) mass is 267 g/mol. The Balaban J connectivity index is 1.86. The molecule has 4 nitrogen and oxygen atoms in total. The Morgan fingerprint density at radius 2 is 1.89 bits per heavy atom. The van der Waals surface area contributed by atoms with Gasteiger partial charge in [-0.2, -0.15) is 0 Å². The zero-order chi connectivity index (χ0) is 13.8. The molecule has 1 aliphatic heterocycles. The number of hydrogen-bond acceptors (Lipinski definition) is 3. The maximum Gasteiger partial charge on any atom is 0.226 e. The van der Waals surface area contributed by atoms with Gasteiger partial charge >= 0.3 is 0 Å². The SMILES string of the molecule is CCCN1CCN(C(=O)C2CCCC(N)C2C)CC1. The Labute approximate surface area is 117 Å². The van der Waals surface area contributed by atoms with Crippen molar-refractivity contribution in [2.24, 2.45) is 17.6 Å². The molecule has 1 amide bonds. The Morgan fingerprint density at radius 3 is 2.53 bits per heavy atom. The van der Waals surface area contributed by atoms with Crippen LogP contribution in [0.15, 0.2) is 0 Å². The predicted octanol–water partition coefficient (Wildman–Crippen LogP) is 1.30. The number of carbonyl (C=O) groups excluding carboxylic acids is 1. The van der Waals surface area contributed by atoms with Crippen LogP contribution >= 0.6 is 0 Å². The molecule has 3 atom stereocenters.